The van der Waals surface area contributed by atoms with Crippen molar-refractivity contribution in [1.29, 1.82) is 0 Å². The van der Waals surface area contributed by atoms with Crippen molar-refractivity contribution >= 4 is 54.3 Å². The Labute approximate surface area is 360 Å². The van der Waals surface area contributed by atoms with Crippen molar-refractivity contribution in [2.45, 2.75) is 0 Å². The van der Waals surface area contributed by atoms with Crippen molar-refractivity contribution < 1.29 is 12.6 Å². The maximum absolute atomic E-state index is 9.66. The summed E-state index contributed by atoms with van der Waals surface area (Å²) in [5, 5.41) is 6.42. The fourth-order valence-corrected chi connectivity index (χ4v) is 8.37. The van der Waals surface area contributed by atoms with Crippen LogP contribution in [0.15, 0.2) is 217 Å². The number of fused-ring (bicyclic) bond motifs is 9. The normalized spacial score (nSPS) is 13.0. The third-order valence-corrected chi connectivity index (χ3v) is 11.4. The molecule has 12 aromatic rings. The number of aromatic nitrogens is 3. The van der Waals surface area contributed by atoms with Gasteiger partial charge in [0, 0.05) is 27.5 Å². The van der Waals surface area contributed by atoms with Gasteiger partial charge in [0.2, 0.25) is 0 Å². The van der Waals surface area contributed by atoms with Crippen LogP contribution < -0.4 is 0 Å². The molecule has 0 bridgehead atoms. The number of nitrogens with zero attached hydrogens (tertiary/aromatic N) is 3. The molecule has 0 saturated heterocycles. The van der Waals surface area contributed by atoms with Gasteiger partial charge in [0.1, 0.15) is 11.2 Å². The van der Waals surface area contributed by atoms with Gasteiger partial charge in [0.25, 0.3) is 0 Å². The van der Waals surface area contributed by atoms with Crippen LogP contribution in [0.5, 0.6) is 0 Å². The first kappa shape index (κ1) is 29.1. The molecule has 0 radical (unpaired) electrons. The Morgan fingerprint density at radius 1 is 0.279 bits per heavy atom. The number of hydrogen-bond acceptors (Lipinski definition) is 4. The van der Waals surface area contributed by atoms with Gasteiger partial charge in [-0.2, -0.15) is 0 Å². The van der Waals surface area contributed by atoms with E-state index in [1.165, 1.54) is 0 Å². The largest absolute Gasteiger partial charge is 0.456 e. The third-order valence-electron chi connectivity index (χ3n) is 11.4. The molecule has 0 aliphatic heterocycles. The molecule has 0 N–H and O–H groups in total. The highest BCUT2D eigenvalue weighted by Crippen LogP contribution is 2.39. The highest BCUT2D eigenvalue weighted by molar-refractivity contribution is 6.25. The van der Waals surface area contributed by atoms with E-state index in [0.717, 1.165) is 54.6 Å². The summed E-state index contributed by atoms with van der Waals surface area (Å²) in [5.74, 6) is 0.612. The smallest absolute Gasteiger partial charge is 0.164 e. The lowest BCUT2D eigenvalue weighted by molar-refractivity contribution is 0.669. The molecule has 0 amide bonds. The fourth-order valence-electron chi connectivity index (χ4n) is 8.37. The molecular formula is C57H35N3O. The van der Waals surface area contributed by atoms with Gasteiger partial charge in [-0.1, -0.05) is 176 Å². The topological polar surface area (TPSA) is 51.8 Å². The molecule has 0 spiro atoms. The van der Waals surface area contributed by atoms with Crippen LogP contribution in [0.1, 0.15) is 8.22 Å². The second-order valence-electron chi connectivity index (χ2n) is 15.1. The lowest BCUT2D eigenvalue weighted by Crippen LogP contribution is -2.00. The van der Waals surface area contributed by atoms with E-state index in [2.05, 4.69) is 24.3 Å². The van der Waals surface area contributed by atoms with Crippen molar-refractivity contribution in [2.75, 3.05) is 0 Å². The summed E-state index contributed by atoms with van der Waals surface area (Å²) in [7, 11) is 0. The van der Waals surface area contributed by atoms with Gasteiger partial charge in [0.15, 0.2) is 17.5 Å². The summed E-state index contributed by atoms with van der Waals surface area (Å²) in [6, 6.07) is 56.3. The zero-order chi connectivity index (χ0) is 45.5. The number of benzene rings is 10. The molecule has 4 nitrogen and oxygen atoms in total. The predicted molar refractivity (Wildman–Crippen MR) is 252 cm³/mol. The molecule has 61 heavy (non-hydrogen) atoms. The average Bonchev–Trinajstić information content (AvgIpc) is 3.80. The molecule has 0 aliphatic carbocycles. The van der Waals surface area contributed by atoms with E-state index < -0.39 is 0 Å². The van der Waals surface area contributed by atoms with Gasteiger partial charge in [-0.25, -0.2) is 15.0 Å². The highest BCUT2D eigenvalue weighted by Gasteiger charge is 2.17. The van der Waals surface area contributed by atoms with Crippen LogP contribution in [0.3, 0.4) is 0 Å². The van der Waals surface area contributed by atoms with Crippen molar-refractivity contribution in [3.05, 3.63) is 212 Å². The summed E-state index contributed by atoms with van der Waals surface area (Å²) < 4.78 is 63.2. The molecule has 2 heterocycles. The van der Waals surface area contributed by atoms with E-state index >= 15 is 0 Å². The van der Waals surface area contributed by atoms with Gasteiger partial charge in [-0.05, 0) is 102 Å². The van der Waals surface area contributed by atoms with Gasteiger partial charge in [0.05, 0.1) is 8.22 Å². The minimum atomic E-state index is -0.341. The minimum absolute atomic E-state index is 0.00177. The molecule has 10 aromatic carbocycles. The summed E-state index contributed by atoms with van der Waals surface area (Å²) in [6.07, 6.45) is 0. The average molecular weight is 784 g/mol. The molecule has 12 rings (SSSR count). The van der Waals surface area contributed by atoms with Crippen LogP contribution in [-0.2, 0) is 0 Å². The Morgan fingerprint density at radius 3 is 1.44 bits per heavy atom. The van der Waals surface area contributed by atoms with Crippen LogP contribution in [-0.4, -0.2) is 15.0 Å². The van der Waals surface area contributed by atoms with Crippen LogP contribution >= 0.6 is 0 Å². The van der Waals surface area contributed by atoms with E-state index in [1.807, 2.05) is 152 Å². The van der Waals surface area contributed by atoms with Crippen molar-refractivity contribution in [3.63, 3.8) is 0 Å². The van der Waals surface area contributed by atoms with Crippen molar-refractivity contribution in [1.82, 2.24) is 15.0 Å². The summed E-state index contributed by atoms with van der Waals surface area (Å²) in [5.41, 5.74) is 5.90. The van der Waals surface area contributed by atoms with E-state index in [-0.39, 0.29) is 75.1 Å². The molecule has 0 fully saturated rings. The lowest BCUT2D eigenvalue weighted by Gasteiger charge is -2.12. The first-order valence-electron chi connectivity index (χ1n) is 23.1. The predicted octanol–water partition coefficient (Wildman–Crippen LogP) is 15.2. The first-order valence-corrected chi connectivity index (χ1v) is 20.1. The zero-order valence-electron chi connectivity index (χ0n) is 38.5. The fraction of sp³-hybridized carbons (Fsp3) is 0. The van der Waals surface area contributed by atoms with E-state index in [9.17, 15) is 8.22 Å². The Balaban J connectivity index is 1.05. The highest BCUT2D eigenvalue weighted by atomic mass is 16.3. The Bertz CT molecular complexity index is 3950. The molecule has 0 atom stereocenters. The SMILES string of the molecule is [2H]c1c(-c2ccc3c4ccccc4c4ccccc4c3c2)c([2H])c2c(oc3c([2H])c(-c4nc(-c5ccc(-c6ccccc6)cc5)nc(-c5cccc(-c6ccccc6)c5)n4)c([2H])c([2H])c32)c1[2H]. The Hall–Kier alpha value is -8.21. The monoisotopic (exact) mass is 783 g/mol. The van der Waals surface area contributed by atoms with E-state index in [0.29, 0.717) is 28.3 Å². The Morgan fingerprint density at radius 2 is 0.754 bits per heavy atom. The second-order valence-corrected chi connectivity index (χ2v) is 15.1. The molecular weight excluding hydrogens is 743 g/mol. The van der Waals surface area contributed by atoms with Gasteiger partial charge >= 0.3 is 0 Å². The van der Waals surface area contributed by atoms with Crippen LogP contribution in [0.25, 0.3) is 122 Å². The third kappa shape index (κ3) is 6.12. The second kappa shape index (κ2) is 14.3. The summed E-state index contributed by atoms with van der Waals surface area (Å²) in [6.45, 7) is 0. The standard InChI is InChI=1S/C57H35N3O/c1-3-12-36(13-4-1)38-22-24-39(25-23-38)55-58-56(43-17-11-16-40(32-43)37-14-5-2-6-15-37)60-57(59-55)44-27-30-50-52-34-42(28-31-53(52)61-54(50)35-44)41-26-29-49-47-20-8-7-18-45(47)46-19-9-10-21-48(46)51(49)33-41/h1-35H/i27D,28D,30D,31D,34D,35D. The number of hydrogen-bond donors (Lipinski definition) is 0. The van der Waals surface area contributed by atoms with Crippen molar-refractivity contribution in [2.24, 2.45) is 0 Å². The zero-order valence-corrected chi connectivity index (χ0v) is 32.5. The van der Waals surface area contributed by atoms with Crippen LogP contribution in [0, 0.1) is 0 Å². The molecule has 0 aliphatic rings. The molecule has 2 aromatic heterocycles. The van der Waals surface area contributed by atoms with E-state index in [1.54, 1.807) is 0 Å². The first-order chi connectivity index (χ1) is 32.7. The molecule has 4 heteroatoms. The maximum atomic E-state index is 9.66. The Kier molecular flexibility index (Phi) is 6.80. The van der Waals surface area contributed by atoms with Gasteiger partial charge in [-0.15, -0.1) is 0 Å². The lowest BCUT2D eigenvalue weighted by atomic mass is 9.92. The minimum Gasteiger partial charge on any atom is -0.456 e. The van der Waals surface area contributed by atoms with Crippen LogP contribution in [0.2, 0.25) is 0 Å². The van der Waals surface area contributed by atoms with E-state index in [4.69, 9.17) is 19.4 Å². The van der Waals surface area contributed by atoms with Crippen LogP contribution in [0.4, 0.5) is 0 Å². The molecule has 0 unspecified atom stereocenters. The number of furan rings is 1. The molecule has 0 saturated carbocycles. The van der Waals surface area contributed by atoms with Gasteiger partial charge in [-0.3, -0.25) is 0 Å². The maximum Gasteiger partial charge on any atom is 0.164 e. The summed E-state index contributed by atoms with van der Waals surface area (Å²) >= 11 is 0. The summed E-state index contributed by atoms with van der Waals surface area (Å²) in [4.78, 5) is 14.7. The number of rotatable bonds is 6. The molecule has 284 valence electrons. The van der Waals surface area contributed by atoms with Gasteiger partial charge < -0.3 is 4.42 Å². The van der Waals surface area contributed by atoms with Crippen molar-refractivity contribution in [3.8, 4) is 67.5 Å². The quantitative estimate of drug-likeness (QED) is 0.158.